The maximum absolute atomic E-state index is 11.9. The normalized spacial score (nSPS) is 20.2. The second-order valence-electron chi connectivity index (χ2n) is 4.96. The highest BCUT2D eigenvalue weighted by molar-refractivity contribution is 9.10. The lowest BCUT2D eigenvalue weighted by Gasteiger charge is -2.24. The van der Waals surface area contributed by atoms with Crippen molar-refractivity contribution in [2.75, 3.05) is 12.4 Å². The van der Waals surface area contributed by atoms with Crippen molar-refractivity contribution in [2.45, 2.75) is 18.9 Å². The summed E-state index contributed by atoms with van der Waals surface area (Å²) < 4.78 is 0.938. The van der Waals surface area contributed by atoms with Crippen molar-refractivity contribution in [1.29, 1.82) is 0 Å². The maximum Gasteiger partial charge on any atom is 0.326 e. The highest BCUT2D eigenvalue weighted by atomic mass is 79.9. The van der Waals surface area contributed by atoms with Crippen molar-refractivity contribution >= 4 is 39.4 Å². The molecule has 1 heterocycles. The Kier molecular flexibility index (Phi) is 5.05. The zero-order valence-electron chi connectivity index (χ0n) is 10.8. The number of carbonyl (C=O) groups is 2. The Morgan fingerprint density at radius 3 is 2.60 bits per heavy atom. The minimum absolute atomic E-state index is 0.0518. The van der Waals surface area contributed by atoms with Gasteiger partial charge in [-0.2, -0.15) is 0 Å². The molecule has 1 aromatic carbocycles. The van der Waals surface area contributed by atoms with Gasteiger partial charge in [0, 0.05) is 29.7 Å². The van der Waals surface area contributed by atoms with Crippen LogP contribution in [0, 0.1) is 5.92 Å². The van der Waals surface area contributed by atoms with Crippen LogP contribution >= 0.6 is 27.5 Å². The third kappa shape index (κ3) is 3.52. The van der Waals surface area contributed by atoms with Gasteiger partial charge in [-0.1, -0.05) is 28.1 Å². The SMILES string of the molecule is O=C(O)[C@H](Cc1ccc(Br)cc1)N1CC(CCl)CC1=O. The molecule has 1 amide bonds. The van der Waals surface area contributed by atoms with Crippen LogP contribution in [0.4, 0.5) is 0 Å². The van der Waals surface area contributed by atoms with E-state index >= 15 is 0 Å². The Labute approximate surface area is 130 Å². The number of amides is 1. The highest BCUT2D eigenvalue weighted by Gasteiger charge is 2.37. The molecule has 1 fully saturated rings. The molecule has 6 heteroatoms. The second kappa shape index (κ2) is 6.59. The minimum Gasteiger partial charge on any atom is -0.480 e. The lowest BCUT2D eigenvalue weighted by molar-refractivity contribution is -0.148. The van der Waals surface area contributed by atoms with Crippen molar-refractivity contribution in [3.05, 3.63) is 34.3 Å². The molecule has 0 spiro atoms. The topological polar surface area (TPSA) is 57.6 Å². The molecule has 0 aliphatic carbocycles. The van der Waals surface area contributed by atoms with Crippen molar-refractivity contribution in [1.82, 2.24) is 4.90 Å². The smallest absolute Gasteiger partial charge is 0.326 e. The molecule has 20 heavy (non-hydrogen) atoms. The molecule has 1 saturated heterocycles. The fraction of sp³-hybridized carbons (Fsp3) is 0.429. The van der Waals surface area contributed by atoms with Crippen LogP contribution in [-0.4, -0.2) is 40.3 Å². The standard InChI is InChI=1S/C14H15BrClNO3/c15-11-3-1-9(2-4-11)5-12(14(19)20)17-8-10(7-16)6-13(17)18/h1-4,10,12H,5-8H2,(H,19,20)/t10?,12-/m0/s1. The van der Waals surface area contributed by atoms with Gasteiger partial charge in [-0.05, 0) is 23.6 Å². The largest absolute Gasteiger partial charge is 0.480 e. The number of halogens is 2. The molecule has 4 nitrogen and oxygen atoms in total. The number of nitrogens with zero attached hydrogens (tertiary/aromatic N) is 1. The number of aliphatic carboxylic acids is 1. The summed E-state index contributed by atoms with van der Waals surface area (Å²) in [6.07, 6.45) is 0.650. The summed E-state index contributed by atoms with van der Waals surface area (Å²) in [5.41, 5.74) is 0.891. The Bertz CT molecular complexity index is 506. The van der Waals surface area contributed by atoms with E-state index in [1.165, 1.54) is 4.90 Å². The molecule has 1 aromatic rings. The second-order valence-corrected chi connectivity index (χ2v) is 6.18. The number of alkyl halides is 1. The van der Waals surface area contributed by atoms with E-state index in [1.54, 1.807) is 0 Å². The zero-order chi connectivity index (χ0) is 14.7. The van der Waals surface area contributed by atoms with Crippen molar-refractivity contribution in [3.63, 3.8) is 0 Å². The molecular weight excluding hydrogens is 346 g/mol. The van der Waals surface area contributed by atoms with E-state index in [9.17, 15) is 14.7 Å². The van der Waals surface area contributed by atoms with Gasteiger partial charge < -0.3 is 10.0 Å². The van der Waals surface area contributed by atoms with E-state index in [-0.39, 0.29) is 11.8 Å². The number of hydrogen-bond acceptors (Lipinski definition) is 2. The van der Waals surface area contributed by atoms with Gasteiger partial charge in [-0.25, -0.2) is 4.79 Å². The van der Waals surface area contributed by atoms with Gasteiger partial charge in [-0.3, -0.25) is 4.79 Å². The molecule has 108 valence electrons. The van der Waals surface area contributed by atoms with E-state index in [0.29, 0.717) is 25.3 Å². The van der Waals surface area contributed by atoms with Gasteiger partial charge in [0.25, 0.3) is 0 Å². The molecule has 0 radical (unpaired) electrons. The van der Waals surface area contributed by atoms with Crippen LogP contribution in [0.15, 0.2) is 28.7 Å². The average molecular weight is 361 g/mol. The molecule has 2 rings (SSSR count). The quantitative estimate of drug-likeness (QED) is 0.821. The van der Waals surface area contributed by atoms with Crippen LogP contribution in [-0.2, 0) is 16.0 Å². The van der Waals surface area contributed by atoms with Crippen LogP contribution in [0.1, 0.15) is 12.0 Å². The Morgan fingerprint density at radius 1 is 1.45 bits per heavy atom. The molecule has 1 aliphatic rings. The van der Waals surface area contributed by atoms with Crippen molar-refractivity contribution < 1.29 is 14.7 Å². The predicted molar refractivity (Wildman–Crippen MR) is 79.8 cm³/mol. The number of likely N-dealkylation sites (tertiary alicyclic amines) is 1. The van der Waals surface area contributed by atoms with Crippen molar-refractivity contribution in [2.24, 2.45) is 5.92 Å². The van der Waals surface area contributed by atoms with Crippen LogP contribution in [0.3, 0.4) is 0 Å². The van der Waals surface area contributed by atoms with Gasteiger partial charge in [0.05, 0.1) is 0 Å². The third-order valence-corrected chi connectivity index (χ3v) is 4.43. The summed E-state index contributed by atoms with van der Waals surface area (Å²) in [5.74, 6) is -0.667. The fourth-order valence-electron chi connectivity index (χ4n) is 2.39. The van der Waals surface area contributed by atoms with E-state index < -0.39 is 12.0 Å². The number of hydrogen-bond donors (Lipinski definition) is 1. The molecule has 1 N–H and O–H groups in total. The number of rotatable bonds is 5. The Hall–Kier alpha value is -1.07. The van der Waals surface area contributed by atoms with Crippen LogP contribution < -0.4 is 0 Å². The Morgan fingerprint density at radius 2 is 2.10 bits per heavy atom. The van der Waals surface area contributed by atoms with E-state index in [0.717, 1.165) is 10.0 Å². The van der Waals surface area contributed by atoms with Crippen molar-refractivity contribution in [3.8, 4) is 0 Å². The lowest BCUT2D eigenvalue weighted by Crippen LogP contribution is -2.43. The van der Waals surface area contributed by atoms with Gasteiger partial charge in [-0.15, -0.1) is 11.6 Å². The number of carboxylic acid groups (broad SMARTS) is 1. The van der Waals surface area contributed by atoms with Gasteiger partial charge in [0.1, 0.15) is 6.04 Å². The summed E-state index contributed by atoms with van der Waals surface area (Å²) >= 11 is 9.11. The number of carboxylic acids is 1. The average Bonchev–Trinajstić information content (AvgIpc) is 2.79. The molecule has 2 atom stereocenters. The summed E-state index contributed by atoms with van der Waals surface area (Å²) in [4.78, 5) is 24.8. The van der Waals surface area contributed by atoms with Crippen LogP contribution in [0.25, 0.3) is 0 Å². The first-order valence-corrected chi connectivity index (χ1v) is 7.66. The summed E-state index contributed by atoms with van der Waals surface area (Å²) in [7, 11) is 0. The maximum atomic E-state index is 11.9. The fourth-order valence-corrected chi connectivity index (χ4v) is 2.86. The van der Waals surface area contributed by atoms with E-state index in [2.05, 4.69) is 15.9 Å². The van der Waals surface area contributed by atoms with Gasteiger partial charge in [0.2, 0.25) is 5.91 Å². The molecule has 0 aromatic heterocycles. The minimum atomic E-state index is -0.975. The zero-order valence-corrected chi connectivity index (χ0v) is 13.1. The highest BCUT2D eigenvalue weighted by Crippen LogP contribution is 2.23. The van der Waals surface area contributed by atoms with E-state index in [1.807, 2.05) is 24.3 Å². The third-order valence-electron chi connectivity index (χ3n) is 3.46. The predicted octanol–water partition coefficient (Wildman–Crippen LogP) is 2.53. The molecule has 1 aliphatic heterocycles. The monoisotopic (exact) mass is 359 g/mol. The van der Waals surface area contributed by atoms with E-state index in [4.69, 9.17) is 11.6 Å². The van der Waals surface area contributed by atoms with Gasteiger partial charge >= 0.3 is 5.97 Å². The Balaban J connectivity index is 2.13. The first-order valence-electron chi connectivity index (χ1n) is 6.34. The summed E-state index contributed by atoms with van der Waals surface area (Å²) in [5, 5.41) is 9.39. The van der Waals surface area contributed by atoms with Gasteiger partial charge in [0.15, 0.2) is 0 Å². The summed E-state index contributed by atoms with van der Waals surface area (Å²) in [6, 6.07) is 6.62. The molecular formula is C14H15BrClNO3. The first-order chi connectivity index (χ1) is 9.51. The lowest BCUT2D eigenvalue weighted by atomic mass is 10.0. The molecule has 0 bridgehead atoms. The summed E-state index contributed by atoms with van der Waals surface area (Å²) in [6.45, 7) is 0.426. The molecule has 1 unspecified atom stereocenters. The van der Waals surface area contributed by atoms with Crippen LogP contribution in [0.5, 0.6) is 0 Å². The molecule has 0 saturated carbocycles. The number of carbonyl (C=O) groups excluding carboxylic acids is 1. The first kappa shape index (κ1) is 15.3. The number of benzene rings is 1. The van der Waals surface area contributed by atoms with Crippen LogP contribution in [0.2, 0.25) is 0 Å².